The van der Waals surface area contributed by atoms with Crippen molar-refractivity contribution in [2.24, 2.45) is 5.73 Å². The highest BCUT2D eigenvalue weighted by atomic mass is 16.5. The van der Waals surface area contributed by atoms with Crippen LogP contribution in [0.25, 0.3) is 0 Å². The normalized spacial score (nSPS) is 20.2. The second-order valence-electron chi connectivity index (χ2n) is 5.49. The molecule has 0 bridgehead atoms. The molecule has 120 valence electrons. The molecule has 5 heteroatoms. The molecule has 0 aromatic heterocycles. The van der Waals surface area contributed by atoms with Gasteiger partial charge >= 0.3 is 0 Å². The lowest BCUT2D eigenvalue weighted by molar-refractivity contribution is -0.126. The van der Waals surface area contributed by atoms with Crippen molar-refractivity contribution in [2.75, 3.05) is 11.9 Å². The van der Waals surface area contributed by atoms with Crippen LogP contribution in [0.2, 0.25) is 0 Å². The van der Waals surface area contributed by atoms with Crippen LogP contribution in [0, 0.1) is 0 Å². The zero-order valence-electron chi connectivity index (χ0n) is 12.8. The van der Waals surface area contributed by atoms with Gasteiger partial charge in [-0.2, -0.15) is 0 Å². The minimum atomic E-state index is -0.413. The zero-order valence-corrected chi connectivity index (χ0v) is 12.8. The van der Waals surface area contributed by atoms with E-state index < -0.39 is 6.10 Å². The predicted molar refractivity (Wildman–Crippen MR) is 88.5 cm³/mol. The number of carbonyl (C=O) groups excluding carboxylic acids is 1. The van der Waals surface area contributed by atoms with E-state index in [2.05, 4.69) is 5.32 Å². The summed E-state index contributed by atoms with van der Waals surface area (Å²) in [6, 6.07) is 16.8. The molecule has 0 saturated carbocycles. The van der Waals surface area contributed by atoms with E-state index in [0.29, 0.717) is 13.0 Å². The van der Waals surface area contributed by atoms with E-state index in [1.54, 1.807) is 0 Å². The van der Waals surface area contributed by atoms with E-state index >= 15 is 0 Å². The highest BCUT2D eigenvalue weighted by Crippen LogP contribution is 2.24. The highest BCUT2D eigenvalue weighted by Gasteiger charge is 2.29. The molecular weight excluding hydrogens is 292 g/mol. The number of amides is 1. The van der Waals surface area contributed by atoms with Gasteiger partial charge in [-0.15, -0.1) is 0 Å². The summed E-state index contributed by atoms with van der Waals surface area (Å²) in [5, 5.41) is 2.86. The third kappa shape index (κ3) is 4.09. The number of carbonyl (C=O) groups is 1. The summed E-state index contributed by atoms with van der Waals surface area (Å²) in [4.78, 5) is 12.1. The van der Waals surface area contributed by atoms with Crippen molar-refractivity contribution in [3.63, 3.8) is 0 Å². The number of hydrogen-bond donors (Lipinski definition) is 2. The van der Waals surface area contributed by atoms with Gasteiger partial charge in [-0.05, 0) is 49.2 Å². The van der Waals surface area contributed by atoms with E-state index in [1.165, 1.54) is 0 Å². The first kappa shape index (κ1) is 15.5. The van der Waals surface area contributed by atoms with Crippen LogP contribution in [-0.2, 0) is 9.53 Å². The van der Waals surface area contributed by atoms with Crippen molar-refractivity contribution in [3.05, 3.63) is 54.6 Å². The molecule has 5 nitrogen and oxygen atoms in total. The third-order valence-corrected chi connectivity index (χ3v) is 3.76. The van der Waals surface area contributed by atoms with E-state index in [4.69, 9.17) is 15.2 Å². The Morgan fingerprint density at radius 1 is 1.09 bits per heavy atom. The maximum atomic E-state index is 12.1. The van der Waals surface area contributed by atoms with E-state index in [0.717, 1.165) is 23.6 Å². The van der Waals surface area contributed by atoms with Gasteiger partial charge in [0.2, 0.25) is 0 Å². The van der Waals surface area contributed by atoms with Crippen LogP contribution in [-0.4, -0.2) is 24.7 Å². The Morgan fingerprint density at radius 3 is 2.43 bits per heavy atom. The maximum Gasteiger partial charge on any atom is 0.253 e. The van der Waals surface area contributed by atoms with Crippen molar-refractivity contribution < 1.29 is 14.3 Å². The van der Waals surface area contributed by atoms with Crippen molar-refractivity contribution in [1.82, 2.24) is 0 Å². The molecule has 1 fully saturated rings. The van der Waals surface area contributed by atoms with Gasteiger partial charge < -0.3 is 20.5 Å². The lowest BCUT2D eigenvalue weighted by Gasteiger charge is -2.13. The van der Waals surface area contributed by atoms with Gasteiger partial charge in [0.15, 0.2) is 0 Å². The molecule has 1 saturated heterocycles. The van der Waals surface area contributed by atoms with Gasteiger partial charge in [-0.25, -0.2) is 0 Å². The fourth-order valence-corrected chi connectivity index (χ4v) is 2.53. The molecule has 3 N–H and O–H groups in total. The highest BCUT2D eigenvalue weighted by molar-refractivity contribution is 5.94. The number of ether oxygens (including phenoxy) is 2. The van der Waals surface area contributed by atoms with Crippen molar-refractivity contribution in [2.45, 2.75) is 25.0 Å². The first-order chi connectivity index (χ1) is 11.2. The summed E-state index contributed by atoms with van der Waals surface area (Å²) in [6.07, 6.45) is 1.12. The maximum absolute atomic E-state index is 12.1. The molecule has 2 aromatic carbocycles. The van der Waals surface area contributed by atoms with Crippen LogP contribution in [0.15, 0.2) is 54.6 Å². The second kappa shape index (κ2) is 7.26. The minimum absolute atomic E-state index is 0.00704. The van der Waals surface area contributed by atoms with Crippen molar-refractivity contribution in [3.8, 4) is 11.5 Å². The van der Waals surface area contributed by atoms with Crippen LogP contribution < -0.4 is 15.8 Å². The molecular formula is C18H20N2O3. The summed E-state index contributed by atoms with van der Waals surface area (Å²) in [5.74, 6) is 1.36. The van der Waals surface area contributed by atoms with Crippen LogP contribution in [0.4, 0.5) is 5.69 Å². The Bertz CT molecular complexity index is 643. The molecule has 0 spiro atoms. The Morgan fingerprint density at radius 2 is 1.78 bits per heavy atom. The Labute approximate surface area is 135 Å². The molecule has 0 aliphatic carbocycles. The fraction of sp³-hybridized carbons (Fsp3) is 0.278. The monoisotopic (exact) mass is 312 g/mol. The Kier molecular flexibility index (Phi) is 4.90. The van der Waals surface area contributed by atoms with Crippen molar-refractivity contribution >= 4 is 11.6 Å². The van der Waals surface area contributed by atoms with Crippen molar-refractivity contribution in [1.29, 1.82) is 0 Å². The average molecular weight is 312 g/mol. The standard InChI is InChI=1S/C18H20N2O3/c19-12-16-10-11-17(23-16)18(21)20-13-6-8-15(9-7-13)22-14-4-2-1-3-5-14/h1-9,16-17H,10-12,19H2,(H,20,21)/t16-,17+/m1/s1. The number of nitrogens with one attached hydrogen (secondary N) is 1. The predicted octanol–water partition coefficient (Wildman–Crippen LogP) is 2.92. The number of nitrogens with two attached hydrogens (primary N) is 1. The van der Waals surface area contributed by atoms with Gasteiger partial charge in [0, 0.05) is 12.2 Å². The fourth-order valence-electron chi connectivity index (χ4n) is 2.53. The third-order valence-electron chi connectivity index (χ3n) is 3.76. The van der Waals surface area contributed by atoms with Gasteiger partial charge in [0.1, 0.15) is 17.6 Å². The van der Waals surface area contributed by atoms with Gasteiger partial charge in [0.05, 0.1) is 6.10 Å². The Hall–Kier alpha value is -2.37. The number of hydrogen-bond acceptors (Lipinski definition) is 4. The summed E-state index contributed by atoms with van der Waals surface area (Å²) in [5.41, 5.74) is 6.28. The zero-order chi connectivity index (χ0) is 16.1. The Balaban J connectivity index is 1.56. The van der Waals surface area contributed by atoms with Crippen LogP contribution in [0.1, 0.15) is 12.8 Å². The minimum Gasteiger partial charge on any atom is -0.457 e. The first-order valence-corrected chi connectivity index (χ1v) is 7.74. The molecule has 2 atom stereocenters. The SMILES string of the molecule is NC[C@H]1CC[C@@H](C(=O)Nc2ccc(Oc3ccccc3)cc2)O1. The van der Waals surface area contributed by atoms with Gasteiger partial charge in [-0.3, -0.25) is 4.79 Å². The van der Waals surface area contributed by atoms with Gasteiger partial charge in [-0.1, -0.05) is 18.2 Å². The first-order valence-electron chi connectivity index (χ1n) is 7.74. The smallest absolute Gasteiger partial charge is 0.253 e. The molecule has 1 aliphatic heterocycles. The van der Waals surface area contributed by atoms with Crippen LogP contribution in [0.5, 0.6) is 11.5 Å². The average Bonchev–Trinajstić information content (AvgIpc) is 3.07. The van der Waals surface area contributed by atoms with Gasteiger partial charge in [0.25, 0.3) is 5.91 Å². The summed E-state index contributed by atoms with van der Waals surface area (Å²) < 4.78 is 11.3. The topological polar surface area (TPSA) is 73.6 Å². The summed E-state index contributed by atoms with van der Waals surface area (Å²) in [6.45, 7) is 0.454. The van der Waals surface area contributed by atoms with E-state index in [1.807, 2.05) is 54.6 Å². The number of para-hydroxylation sites is 1. The molecule has 3 rings (SSSR count). The molecule has 23 heavy (non-hydrogen) atoms. The molecule has 1 amide bonds. The lowest BCUT2D eigenvalue weighted by Crippen LogP contribution is -2.29. The summed E-state index contributed by atoms with van der Waals surface area (Å²) in [7, 11) is 0. The van der Waals surface area contributed by atoms with Crippen LogP contribution >= 0.6 is 0 Å². The van der Waals surface area contributed by atoms with E-state index in [-0.39, 0.29) is 12.0 Å². The molecule has 0 unspecified atom stereocenters. The largest absolute Gasteiger partial charge is 0.457 e. The van der Waals surface area contributed by atoms with Crippen LogP contribution in [0.3, 0.4) is 0 Å². The number of anilines is 1. The summed E-state index contributed by atoms with van der Waals surface area (Å²) >= 11 is 0. The lowest BCUT2D eigenvalue weighted by atomic mass is 10.2. The quantitative estimate of drug-likeness (QED) is 0.890. The number of benzene rings is 2. The second-order valence-corrected chi connectivity index (χ2v) is 5.49. The molecule has 2 aromatic rings. The molecule has 1 aliphatic rings. The number of rotatable bonds is 5. The molecule has 1 heterocycles. The molecule has 0 radical (unpaired) electrons. The van der Waals surface area contributed by atoms with E-state index in [9.17, 15) is 4.79 Å².